The van der Waals surface area contributed by atoms with Crippen molar-refractivity contribution in [3.63, 3.8) is 0 Å². The summed E-state index contributed by atoms with van der Waals surface area (Å²) < 4.78 is 48.9. The topological polar surface area (TPSA) is 135 Å². The number of carboxylic acids is 1. The van der Waals surface area contributed by atoms with E-state index in [9.17, 15) is 27.5 Å². The second kappa shape index (κ2) is 9.47. The highest BCUT2D eigenvalue weighted by molar-refractivity contribution is 7.92. The van der Waals surface area contributed by atoms with Gasteiger partial charge in [-0.05, 0) is 59.7 Å². The Labute approximate surface area is 199 Å². The Morgan fingerprint density at radius 1 is 1.00 bits per heavy atom. The number of hydrogen-bond acceptors (Lipinski definition) is 6. The molecular formula is C24H19FN2O7S. The second-order valence-electron chi connectivity index (χ2n) is 7.61. The van der Waals surface area contributed by atoms with Crippen molar-refractivity contribution < 1.29 is 36.7 Å². The zero-order valence-corrected chi connectivity index (χ0v) is 19.1. The largest absolute Gasteiger partial charge is 0.478 e. The van der Waals surface area contributed by atoms with Crippen LogP contribution in [0.4, 0.5) is 20.6 Å². The first kappa shape index (κ1) is 23.8. The third kappa shape index (κ3) is 5.95. The maximum atomic E-state index is 13.2. The lowest BCUT2D eigenvalue weighted by Crippen LogP contribution is -2.16. The molecule has 0 saturated carbocycles. The fourth-order valence-electron chi connectivity index (χ4n) is 3.38. The summed E-state index contributed by atoms with van der Waals surface area (Å²) in [4.78, 5) is 23.8. The maximum Gasteiger partial charge on any atom is 0.412 e. The van der Waals surface area contributed by atoms with E-state index in [-0.39, 0.29) is 29.4 Å². The van der Waals surface area contributed by atoms with Crippen molar-refractivity contribution in [3.05, 3.63) is 83.9 Å². The minimum Gasteiger partial charge on any atom is -0.478 e. The van der Waals surface area contributed by atoms with Crippen LogP contribution in [0.5, 0.6) is 0 Å². The Morgan fingerprint density at radius 2 is 1.71 bits per heavy atom. The summed E-state index contributed by atoms with van der Waals surface area (Å²) in [6, 6.07) is 16.9. The Bertz CT molecular complexity index is 1530. The quantitative estimate of drug-likeness (QED) is 0.324. The number of nitrogens with one attached hydrogen (secondary N) is 2. The SMILES string of the molecule is CS(=O)(=O)Nc1ccc(NC(=O)OCc2cc3cc(-c4ccc(F)cc4)ccc3o2)c(C(=O)O)c1. The Morgan fingerprint density at radius 3 is 2.40 bits per heavy atom. The molecule has 0 atom stereocenters. The molecule has 1 amide bonds. The predicted octanol–water partition coefficient (Wildman–Crippen LogP) is 5.06. The van der Waals surface area contributed by atoms with Gasteiger partial charge in [-0.3, -0.25) is 10.0 Å². The summed E-state index contributed by atoms with van der Waals surface area (Å²) in [6.45, 7) is -0.220. The monoisotopic (exact) mass is 498 g/mol. The highest BCUT2D eigenvalue weighted by Crippen LogP contribution is 2.27. The minimum absolute atomic E-state index is 0.0334. The molecule has 4 aromatic rings. The molecule has 9 nitrogen and oxygen atoms in total. The van der Waals surface area contributed by atoms with Gasteiger partial charge in [0.25, 0.3) is 0 Å². The van der Waals surface area contributed by atoms with E-state index in [0.717, 1.165) is 28.8 Å². The molecule has 0 bridgehead atoms. The number of carbonyl (C=O) groups is 2. The number of hydrogen-bond donors (Lipinski definition) is 3. The minimum atomic E-state index is -3.61. The van der Waals surface area contributed by atoms with E-state index in [4.69, 9.17) is 9.15 Å². The van der Waals surface area contributed by atoms with Gasteiger partial charge in [-0.15, -0.1) is 0 Å². The van der Waals surface area contributed by atoms with Gasteiger partial charge in [-0.1, -0.05) is 18.2 Å². The molecule has 1 aromatic heterocycles. The van der Waals surface area contributed by atoms with Crippen LogP contribution in [0.3, 0.4) is 0 Å². The molecule has 0 saturated heterocycles. The van der Waals surface area contributed by atoms with Crippen molar-refractivity contribution in [1.29, 1.82) is 0 Å². The number of halogens is 1. The number of amides is 1. The maximum absolute atomic E-state index is 13.2. The van der Waals surface area contributed by atoms with Crippen LogP contribution in [0.15, 0.2) is 71.1 Å². The average molecular weight is 498 g/mol. The van der Waals surface area contributed by atoms with Gasteiger partial charge in [0.05, 0.1) is 17.5 Å². The number of rotatable bonds is 7. The van der Waals surface area contributed by atoms with E-state index in [2.05, 4.69) is 10.0 Å². The molecule has 0 unspecified atom stereocenters. The van der Waals surface area contributed by atoms with Crippen molar-refractivity contribution >= 4 is 44.4 Å². The second-order valence-corrected chi connectivity index (χ2v) is 9.36. The van der Waals surface area contributed by atoms with Gasteiger partial charge in [0.1, 0.15) is 17.2 Å². The van der Waals surface area contributed by atoms with Crippen LogP contribution in [0.25, 0.3) is 22.1 Å². The summed E-state index contributed by atoms with van der Waals surface area (Å²) in [7, 11) is -3.61. The normalized spacial score (nSPS) is 11.3. The first-order valence-electron chi connectivity index (χ1n) is 10.1. The number of anilines is 2. The summed E-state index contributed by atoms with van der Waals surface area (Å²) in [6.07, 6.45) is 0.00214. The summed E-state index contributed by atoms with van der Waals surface area (Å²) >= 11 is 0. The molecule has 0 spiro atoms. The highest BCUT2D eigenvalue weighted by atomic mass is 32.2. The Hall–Kier alpha value is -4.38. The number of fused-ring (bicyclic) bond motifs is 1. The van der Waals surface area contributed by atoms with E-state index >= 15 is 0 Å². The number of aromatic carboxylic acids is 1. The lowest BCUT2D eigenvalue weighted by Gasteiger charge is -2.11. The van der Waals surface area contributed by atoms with Crippen LogP contribution >= 0.6 is 0 Å². The molecule has 11 heteroatoms. The molecule has 3 N–H and O–H groups in total. The standard InChI is InChI=1S/C24H19FN2O7S/c1-35(31,32)27-18-7-8-21(20(12-18)23(28)29)26-24(30)33-13-19-11-16-10-15(4-9-22(16)34-19)14-2-5-17(25)6-3-14/h2-12,27H,13H2,1H3,(H,26,30)(H,28,29). The molecule has 3 aromatic carbocycles. The van der Waals surface area contributed by atoms with Gasteiger partial charge < -0.3 is 14.3 Å². The number of carbonyl (C=O) groups excluding carboxylic acids is 1. The van der Waals surface area contributed by atoms with Gasteiger partial charge in [-0.2, -0.15) is 0 Å². The predicted molar refractivity (Wildman–Crippen MR) is 127 cm³/mol. The lowest BCUT2D eigenvalue weighted by molar-refractivity contribution is 0.0698. The average Bonchev–Trinajstić information content (AvgIpc) is 3.20. The smallest absolute Gasteiger partial charge is 0.412 e. The van der Waals surface area contributed by atoms with E-state index in [0.29, 0.717) is 11.3 Å². The van der Waals surface area contributed by atoms with E-state index in [1.54, 1.807) is 24.3 Å². The molecule has 180 valence electrons. The third-order valence-corrected chi connectivity index (χ3v) is 5.49. The van der Waals surface area contributed by atoms with Crippen LogP contribution in [0.2, 0.25) is 0 Å². The fourth-order valence-corrected chi connectivity index (χ4v) is 3.94. The van der Waals surface area contributed by atoms with Crippen LogP contribution in [-0.4, -0.2) is 31.8 Å². The molecule has 0 aliphatic rings. The van der Waals surface area contributed by atoms with Crippen molar-refractivity contribution in [2.75, 3.05) is 16.3 Å². The van der Waals surface area contributed by atoms with Gasteiger partial charge in [0, 0.05) is 11.1 Å². The van der Waals surface area contributed by atoms with Gasteiger partial charge in [0.2, 0.25) is 10.0 Å². The van der Waals surface area contributed by atoms with E-state index < -0.39 is 22.1 Å². The summed E-state index contributed by atoms with van der Waals surface area (Å²) in [5, 5.41) is 12.5. The molecule has 0 radical (unpaired) electrons. The molecule has 35 heavy (non-hydrogen) atoms. The number of ether oxygens (including phenoxy) is 1. The van der Waals surface area contributed by atoms with Gasteiger partial charge in [-0.25, -0.2) is 22.4 Å². The molecule has 0 fully saturated rings. The van der Waals surface area contributed by atoms with Crippen molar-refractivity contribution in [2.24, 2.45) is 0 Å². The first-order valence-corrected chi connectivity index (χ1v) is 12.0. The third-order valence-electron chi connectivity index (χ3n) is 4.88. The molecule has 0 aliphatic heterocycles. The van der Waals surface area contributed by atoms with Crippen LogP contribution in [0.1, 0.15) is 16.1 Å². The van der Waals surface area contributed by atoms with Crippen molar-refractivity contribution in [1.82, 2.24) is 0 Å². The van der Waals surface area contributed by atoms with Crippen molar-refractivity contribution in [3.8, 4) is 11.1 Å². The van der Waals surface area contributed by atoms with E-state index in [1.807, 2.05) is 12.1 Å². The van der Waals surface area contributed by atoms with E-state index in [1.165, 1.54) is 24.3 Å². The first-order chi connectivity index (χ1) is 16.6. The molecule has 1 heterocycles. The van der Waals surface area contributed by atoms with Crippen molar-refractivity contribution in [2.45, 2.75) is 6.61 Å². The lowest BCUT2D eigenvalue weighted by atomic mass is 10.0. The Balaban J connectivity index is 1.44. The van der Waals surface area contributed by atoms with Gasteiger partial charge >= 0.3 is 12.1 Å². The summed E-state index contributed by atoms with van der Waals surface area (Å²) in [5.41, 5.74) is 1.89. The molecule has 0 aliphatic carbocycles. The molecule has 4 rings (SSSR count). The number of carboxylic acid groups (broad SMARTS) is 1. The zero-order valence-electron chi connectivity index (χ0n) is 18.2. The van der Waals surface area contributed by atoms with Crippen LogP contribution in [-0.2, 0) is 21.4 Å². The zero-order chi connectivity index (χ0) is 25.2. The fraction of sp³-hybridized carbons (Fsp3) is 0.0833. The number of furan rings is 1. The van der Waals surface area contributed by atoms with Gasteiger partial charge in [0.15, 0.2) is 6.61 Å². The van der Waals surface area contributed by atoms with Crippen LogP contribution in [0, 0.1) is 5.82 Å². The summed E-state index contributed by atoms with van der Waals surface area (Å²) in [5.74, 6) is -1.34. The highest BCUT2D eigenvalue weighted by Gasteiger charge is 2.16. The number of benzene rings is 3. The Kier molecular flexibility index (Phi) is 6.43. The number of sulfonamides is 1. The molecular weight excluding hydrogens is 479 g/mol. The van der Waals surface area contributed by atoms with Crippen LogP contribution < -0.4 is 10.0 Å².